The van der Waals surface area contributed by atoms with Crippen molar-refractivity contribution >= 4 is 11.8 Å². The number of carbonyl (C=O) groups excluding carboxylic acids is 1. The molecule has 98 valence electrons. The monoisotopic (exact) mass is 248 g/mol. The molecular formula is C14H20N2O2. The van der Waals surface area contributed by atoms with Crippen LogP contribution < -0.4 is 10.2 Å². The molecule has 4 nitrogen and oxygen atoms in total. The van der Waals surface area contributed by atoms with Gasteiger partial charge in [-0.05, 0) is 31.9 Å². The summed E-state index contributed by atoms with van der Waals surface area (Å²) >= 11 is 0. The van der Waals surface area contributed by atoms with E-state index in [1.165, 1.54) is 18.4 Å². The molecule has 1 aliphatic heterocycles. The quantitative estimate of drug-likeness (QED) is 0.873. The van der Waals surface area contributed by atoms with E-state index in [1.807, 2.05) is 0 Å². The number of alkyl carbamates (subject to hydrolysis) is 1. The van der Waals surface area contributed by atoms with E-state index in [4.69, 9.17) is 0 Å². The predicted octanol–water partition coefficient (Wildman–Crippen LogP) is 2.32. The zero-order valence-corrected chi connectivity index (χ0v) is 11.0. The Morgan fingerprint density at radius 3 is 2.78 bits per heavy atom. The molecule has 1 amide bonds. The lowest BCUT2D eigenvalue weighted by Crippen LogP contribution is -2.47. The van der Waals surface area contributed by atoms with E-state index < -0.39 is 0 Å². The van der Waals surface area contributed by atoms with Gasteiger partial charge in [0, 0.05) is 24.8 Å². The Kier molecular flexibility index (Phi) is 4.07. The topological polar surface area (TPSA) is 41.6 Å². The van der Waals surface area contributed by atoms with Gasteiger partial charge in [-0.3, -0.25) is 0 Å². The van der Waals surface area contributed by atoms with Gasteiger partial charge in [0.25, 0.3) is 0 Å². The van der Waals surface area contributed by atoms with Crippen LogP contribution in [0.5, 0.6) is 0 Å². The summed E-state index contributed by atoms with van der Waals surface area (Å²) in [6.07, 6.45) is 1.76. The van der Waals surface area contributed by atoms with E-state index in [0.717, 1.165) is 25.9 Å². The largest absolute Gasteiger partial charge is 0.453 e. The van der Waals surface area contributed by atoms with Crippen LogP contribution in [0.15, 0.2) is 24.3 Å². The van der Waals surface area contributed by atoms with Crippen molar-refractivity contribution in [2.24, 2.45) is 0 Å². The smallest absolute Gasteiger partial charge is 0.407 e. The third-order valence-corrected chi connectivity index (χ3v) is 3.33. The maximum Gasteiger partial charge on any atom is 0.407 e. The molecule has 1 aliphatic rings. The zero-order valence-electron chi connectivity index (χ0n) is 11.0. The highest BCUT2D eigenvalue weighted by atomic mass is 16.5. The van der Waals surface area contributed by atoms with Crippen LogP contribution in [0.3, 0.4) is 0 Å². The minimum Gasteiger partial charge on any atom is -0.453 e. The molecule has 1 saturated heterocycles. The Morgan fingerprint density at radius 2 is 2.11 bits per heavy atom. The summed E-state index contributed by atoms with van der Waals surface area (Å²) < 4.78 is 4.64. The maximum absolute atomic E-state index is 11.2. The second-order valence-electron chi connectivity index (χ2n) is 4.76. The number of hydrogen-bond donors (Lipinski definition) is 1. The number of methoxy groups -OCH3 is 1. The van der Waals surface area contributed by atoms with Crippen molar-refractivity contribution < 1.29 is 9.53 Å². The van der Waals surface area contributed by atoms with E-state index in [9.17, 15) is 4.79 Å². The summed E-state index contributed by atoms with van der Waals surface area (Å²) in [6, 6.07) is 8.68. The molecule has 1 aromatic rings. The second-order valence-corrected chi connectivity index (χ2v) is 4.76. The van der Waals surface area contributed by atoms with Crippen molar-refractivity contribution in [2.75, 3.05) is 25.1 Å². The summed E-state index contributed by atoms with van der Waals surface area (Å²) in [5.41, 5.74) is 2.48. The molecule has 0 aliphatic carbocycles. The molecule has 1 atom stereocenters. The molecular weight excluding hydrogens is 228 g/mol. The predicted molar refractivity (Wildman–Crippen MR) is 72.0 cm³/mol. The van der Waals surface area contributed by atoms with Gasteiger partial charge < -0.3 is 15.0 Å². The van der Waals surface area contributed by atoms with Crippen molar-refractivity contribution in [1.82, 2.24) is 5.32 Å². The molecule has 0 bridgehead atoms. The van der Waals surface area contributed by atoms with E-state index in [2.05, 4.69) is 46.1 Å². The molecule has 0 saturated carbocycles. The van der Waals surface area contributed by atoms with Crippen LogP contribution in [-0.2, 0) is 4.74 Å². The molecule has 0 radical (unpaired) electrons. The highest BCUT2D eigenvalue weighted by Gasteiger charge is 2.21. The van der Waals surface area contributed by atoms with Crippen LogP contribution >= 0.6 is 0 Å². The number of aryl methyl sites for hydroxylation is 1. The summed E-state index contributed by atoms with van der Waals surface area (Å²) in [6.45, 7) is 3.97. The third kappa shape index (κ3) is 3.15. The Bertz CT molecular complexity index is 403. The Balaban J connectivity index is 1.98. The first kappa shape index (κ1) is 12.7. The summed E-state index contributed by atoms with van der Waals surface area (Å²) in [4.78, 5) is 13.5. The third-order valence-electron chi connectivity index (χ3n) is 3.33. The van der Waals surface area contributed by atoms with Crippen LogP contribution in [-0.4, -0.2) is 32.3 Å². The van der Waals surface area contributed by atoms with Crippen molar-refractivity contribution in [2.45, 2.75) is 25.8 Å². The number of benzene rings is 1. The fourth-order valence-corrected chi connectivity index (χ4v) is 2.31. The van der Waals surface area contributed by atoms with Gasteiger partial charge in [-0.2, -0.15) is 0 Å². The maximum atomic E-state index is 11.2. The Morgan fingerprint density at radius 1 is 1.39 bits per heavy atom. The summed E-state index contributed by atoms with van der Waals surface area (Å²) in [5, 5.41) is 2.88. The van der Waals surface area contributed by atoms with Crippen LogP contribution in [0.1, 0.15) is 18.4 Å². The van der Waals surface area contributed by atoms with Crippen molar-refractivity contribution in [3.8, 4) is 0 Å². The van der Waals surface area contributed by atoms with Crippen molar-refractivity contribution in [1.29, 1.82) is 0 Å². The molecule has 0 spiro atoms. The van der Waals surface area contributed by atoms with Gasteiger partial charge >= 0.3 is 6.09 Å². The second kappa shape index (κ2) is 5.76. The average molecular weight is 248 g/mol. The first-order chi connectivity index (χ1) is 8.69. The van der Waals surface area contributed by atoms with Crippen molar-refractivity contribution in [3.63, 3.8) is 0 Å². The minimum atomic E-state index is -0.342. The van der Waals surface area contributed by atoms with Gasteiger partial charge in [0.05, 0.1) is 7.11 Å². The molecule has 18 heavy (non-hydrogen) atoms. The first-order valence-corrected chi connectivity index (χ1v) is 6.35. The van der Waals surface area contributed by atoms with Gasteiger partial charge in [-0.1, -0.05) is 17.7 Å². The zero-order chi connectivity index (χ0) is 13.0. The standard InChI is InChI=1S/C14H20N2O2/c1-11-5-7-13(8-6-11)16-9-3-4-12(10-16)15-14(17)18-2/h5-8,12H,3-4,9-10H2,1-2H3,(H,15,17). The molecule has 1 fully saturated rings. The van der Waals surface area contributed by atoms with Gasteiger partial charge in [0.15, 0.2) is 0 Å². The number of piperidine rings is 1. The van der Waals surface area contributed by atoms with E-state index >= 15 is 0 Å². The fraction of sp³-hybridized carbons (Fsp3) is 0.500. The molecule has 1 unspecified atom stereocenters. The number of carbonyl (C=O) groups is 1. The summed E-state index contributed by atoms with van der Waals surface area (Å²) in [5.74, 6) is 0. The fourth-order valence-electron chi connectivity index (χ4n) is 2.31. The molecule has 1 heterocycles. The number of rotatable bonds is 2. The van der Waals surface area contributed by atoms with E-state index in [1.54, 1.807) is 0 Å². The van der Waals surface area contributed by atoms with Gasteiger partial charge in [0.1, 0.15) is 0 Å². The Hall–Kier alpha value is -1.71. The number of nitrogens with one attached hydrogen (secondary N) is 1. The molecule has 0 aromatic heterocycles. The van der Waals surface area contributed by atoms with Crippen LogP contribution in [0.2, 0.25) is 0 Å². The van der Waals surface area contributed by atoms with Crippen LogP contribution in [0, 0.1) is 6.92 Å². The lowest BCUT2D eigenvalue weighted by Gasteiger charge is -2.34. The Labute approximate surface area is 108 Å². The highest BCUT2D eigenvalue weighted by molar-refractivity contribution is 5.67. The molecule has 1 aromatic carbocycles. The average Bonchev–Trinajstić information content (AvgIpc) is 2.40. The van der Waals surface area contributed by atoms with Gasteiger partial charge in [-0.15, -0.1) is 0 Å². The lowest BCUT2D eigenvalue weighted by atomic mass is 10.0. The molecule has 4 heteroatoms. The summed E-state index contributed by atoms with van der Waals surface area (Å²) in [7, 11) is 1.40. The highest BCUT2D eigenvalue weighted by Crippen LogP contribution is 2.20. The van der Waals surface area contributed by atoms with Crippen LogP contribution in [0.4, 0.5) is 10.5 Å². The van der Waals surface area contributed by atoms with Gasteiger partial charge in [-0.25, -0.2) is 4.79 Å². The van der Waals surface area contributed by atoms with Crippen molar-refractivity contribution in [3.05, 3.63) is 29.8 Å². The SMILES string of the molecule is COC(=O)NC1CCCN(c2ccc(C)cc2)C1. The first-order valence-electron chi connectivity index (χ1n) is 6.35. The van der Waals surface area contributed by atoms with E-state index in [-0.39, 0.29) is 12.1 Å². The number of nitrogens with zero attached hydrogens (tertiary/aromatic N) is 1. The number of hydrogen-bond acceptors (Lipinski definition) is 3. The lowest BCUT2D eigenvalue weighted by molar-refractivity contribution is 0.165. The molecule has 2 rings (SSSR count). The number of ether oxygens (including phenoxy) is 1. The number of amides is 1. The minimum absolute atomic E-state index is 0.174. The normalized spacial score (nSPS) is 19.4. The van der Waals surface area contributed by atoms with Gasteiger partial charge in [0.2, 0.25) is 0 Å². The van der Waals surface area contributed by atoms with E-state index in [0.29, 0.717) is 0 Å². The molecule has 1 N–H and O–H groups in total. The van der Waals surface area contributed by atoms with Crippen LogP contribution in [0.25, 0.3) is 0 Å². The number of anilines is 1.